The number of carbonyl (C=O) groups excluding carboxylic acids is 1. The van der Waals surface area contributed by atoms with Crippen LogP contribution < -0.4 is 10.6 Å². The topological polar surface area (TPSA) is 71.2 Å². The molecule has 1 saturated heterocycles. The molecule has 2 aliphatic heterocycles. The van der Waals surface area contributed by atoms with Gasteiger partial charge in [0, 0.05) is 43.4 Å². The third-order valence-corrected chi connectivity index (χ3v) is 6.00. The molecular weight excluding hydrogens is 340 g/mol. The van der Waals surface area contributed by atoms with Crippen LogP contribution in [0.15, 0.2) is 29.3 Å². The first kappa shape index (κ1) is 18.6. The van der Waals surface area contributed by atoms with Crippen LogP contribution in [0.4, 0.5) is 5.69 Å². The Morgan fingerprint density at radius 2 is 1.81 bits per heavy atom. The van der Waals surface area contributed by atoms with Crippen molar-refractivity contribution in [1.29, 1.82) is 0 Å². The molecule has 0 radical (unpaired) electrons. The van der Waals surface area contributed by atoms with Gasteiger partial charge in [-0.05, 0) is 18.9 Å². The molecule has 146 valence electrons. The lowest BCUT2D eigenvalue weighted by atomic mass is 9.83. The average Bonchev–Trinajstić information content (AvgIpc) is 2.83. The van der Waals surface area contributed by atoms with Gasteiger partial charge in [-0.3, -0.25) is 14.7 Å². The minimum Gasteiger partial charge on any atom is -0.379 e. The van der Waals surface area contributed by atoms with E-state index < -0.39 is 6.17 Å². The SMILES string of the molecule is N[C@H]1N=C(C2CCCCC2)c2ccccc2N(CCN2CCOCC2)C1=O. The van der Waals surface area contributed by atoms with Gasteiger partial charge < -0.3 is 15.4 Å². The molecule has 2 fully saturated rings. The number of hydrogen-bond donors (Lipinski definition) is 1. The van der Waals surface area contributed by atoms with Crippen molar-refractivity contribution in [2.45, 2.75) is 38.3 Å². The molecule has 1 aliphatic carbocycles. The van der Waals surface area contributed by atoms with Crippen molar-refractivity contribution in [3.63, 3.8) is 0 Å². The van der Waals surface area contributed by atoms with Crippen LogP contribution in [0.5, 0.6) is 0 Å². The third kappa shape index (κ3) is 4.08. The van der Waals surface area contributed by atoms with Crippen molar-refractivity contribution in [2.75, 3.05) is 44.3 Å². The quantitative estimate of drug-likeness (QED) is 0.880. The summed E-state index contributed by atoms with van der Waals surface area (Å²) < 4.78 is 5.43. The molecule has 6 nitrogen and oxygen atoms in total. The summed E-state index contributed by atoms with van der Waals surface area (Å²) in [4.78, 5) is 22.0. The number of morpholine rings is 1. The first-order chi connectivity index (χ1) is 13.2. The number of aliphatic imine (C=N–C) groups is 1. The van der Waals surface area contributed by atoms with Gasteiger partial charge in [0.15, 0.2) is 6.17 Å². The molecule has 0 aromatic heterocycles. The van der Waals surface area contributed by atoms with E-state index in [0.29, 0.717) is 12.5 Å². The normalized spacial score (nSPS) is 25.1. The van der Waals surface area contributed by atoms with Gasteiger partial charge in [0.25, 0.3) is 5.91 Å². The lowest BCUT2D eigenvalue weighted by Gasteiger charge is -2.31. The van der Waals surface area contributed by atoms with Crippen LogP contribution in [0.1, 0.15) is 37.7 Å². The largest absolute Gasteiger partial charge is 0.379 e. The number of fused-ring (bicyclic) bond motifs is 1. The molecule has 1 amide bonds. The van der Waals surface area contributed by atoms with Crippen LogP contribution in [0.25, 0.3) is 0 Å². The van der Waals surface area contributed by atoms with Crippen molar-refractivity contribution < 1.29 is 9.53 Å². The zero-order valence-corrected chi connectivity index (χ0v) is 16.0. The number of nitrogens with zero attached hydrogens (tertiary/aromatic N) is 3. The molecule has 1 aromatic rings. The monoisotopic (exact) mass is 370 g/mol. The smallest absolute Gasteiger partial charge is 0.266 e. The maximum Gasteiger partial charge on any atom is 0.266 e. The molecule has 3 aliphatic rings. The minimum absolute atomic E-state index is 0.0958. The van der Waals surface area contributed by atoms with E-state index in [-0.39, 0.29) is 5.91 Å². The van der Waals surface area contributed by atoms with Gasteiger partial charge in [0.2, 0.25) is 0 Å². The van der Waals surface area contributed by atoms with Gasteiger partial charge in [0.1, 0.15) is 0 Å². The van der Waals surface area contributed by atoms with Crippen molar-refractivity contribution in [1.82, 2.24) is 4.90 Å². The van der Waals surface area contributed by atoms with Gasteiger partial charge in [0.05, 0.1) is 18.9 Å². The maximum atomic E-state index is 13.1. The van der Waals surface area contributed by atoms with E-state index >= 15 is 0 Å². The molecular formula is C21H30N4O2. The Bertz CT molecular complexity index is 693. The van der Waals surface area contributed by atoms with Crippen LogP contribution in [0.3, 0.4) is 0 Å². The predicted octanol–water partition coefficient (Wildman–Crippen LogP) is 2.02. The Morgan fingerprint density at radius 3 is 2.59 bits per heavy atom. The van der Waals surface area contributed by atoms with Crippen LogP contribution in [0, 0.1) is 5.92 Å². The number of benzodiazepines with no additional fused rings is 1. The number of para-hydroxylation sites is 1. The van der Waals surface area contributed by atoms with E-state index in [2.05, 4.69) is 11.0 Å². The van der Waals surface area contributed by atoms with Crippen molar-refractivity contribution in [2.24, 2.45) is 16.6 Å². The van der Waals surface area contributed by atoms with E-state index in [0.717, 1.165) is 62.7 Å². The minimum atomic E-state index is -0.806. The van der Waals surface area contributed by atoms with Crippen molar-refractivity contribution in [3.8, 4) is 0 Å². The zero-order valence-electron chi connectivity index (χ0n) is 16.0. The first-order valence-electron chi connectivity index (χ1n) is 10.3. The van der Waals surface area contributed by atoms with Gasteiger partial charge in [-0.2, -0.15) is 0 Å². The highest BCUT2D eigenvalue weighted by atomic mass is 16.5. The Kier molecular flexibility index (Phi) is 5.86. The lowest BCUT2D eigenvalue weighted by Crippen LogP contribution is -2.47. The fourth-order valence-electron chi connectivity index (χ4n) is 4.48. The van der Waals surface area contributed by atoms with E-state index in [9.17, 15) is 4.79 Å². The molecule has 4 rings (SSSR count). The summed E-state index contributed by atoms with van der Waals surface area (Å²) in [7, 11) is 0. The first-order valence-corrected chi connectivity index (χ1v) is 10.3. The number of hydrogen-bond acceptors (Lipinski definition) is 5. The highest BCUT2D eigenvalue weighted by Crippen LogP contribution is 2.33. The summed E-state index contributed by atoms with van der Waals surface area (Å²) in [6, 6.07) is 8.20. The highest BCUT2D eigenvalue weighted by Gasteiger charge is 2.32. The third-order valence-electron chi connectivity index (χ3n) is 6.00. The molecule has 27 heavy (non-hydrogen) atoms. The van der Waals surface area contributed by atoms with Crippen molar-refractivity contribution in [3.05, 3.63) is 29.8 Å². The fourth-order valence-corrected chi connectivity index (χ4v) is 4.48. The number of nitrogens with two attached hydrogens (primary N) is 1. The second-order valence-electron chi connectivity index (χ2n) is 7.76. The molecule has 0 spiro atoms. The van der Waals surface area contributed by atoms with Gasteiger partial charge >= 0.3 is 0 Å². The second-order valence-corrected chi connectivity index (χ2v) is 7.76. The Morgan fingerprint density at radius 1 is 1.07 bits per heavy atom. The molecule has 1 aromatic carbocycles. The number of amides is 1. The van der Waals surface area contributed by atoms with E-state index in [1.165, 1.54) is 19.3 Å². The molecule has 1 atom stereocenters. The summed E-state index contributed by atoms with van der Waals surface area (Å²) in [6.07, 6.45) is 5.23. The fraction of sp³-hybridized carbons (Fsp3) is 0.619. The van der Waals surface area contributed by atoms with Gasteiger partial charge in [-0.15, -0.1) is 0 Å². The van der Waals surface area contributed by atoms with Crippen LogP contribution in [-0.2, 0) is 9.53 Å². The Balaban J connectivity index is 1.60. The Labute approximate surface area is 161 Å². The number of ether oxygens (including phenoxy) is 1. The van der Waals surface area contributed by atoms with Crippen LogP contribution in [0.2, 0.25) is 0 Å². The summed E-state index contributed by atoms with van der Waals surface area (Å²) in [5, 5.41) is 0. The maximum absolute atomic E-state index is 13.1. The summed E-state index contributed by atoms with van der Waals surface area (Å²) in [5.74, 6) is 0.319. The van der Waals surface area contributed by atoms with Gasteiger partial charge in [-0.25, -0.2) is 0 Å². The standard InChI is InChI=1S/C21H30N4O2/c22-20-21(26)25(11-10-24-12-14-27-15-13-24)18-9-5-4-8-17(18)19(23-20)16-6-2-1-3-7-16/h4-5,8-9,16,20H,1-3,6-7,10-15,22H2/t20-/m0/s1. The second kappa shape index (κ2) is 8.50. The van der Waals surface area contributed by atoms with E-state index in [4.69, 9.17) is 15.5 Å². The molecule has 6 heteroatoms. The molecule has 0 unspecified atom stereocenters. The average molecular weight is 370 g/mol. The molecule has 2 heterocycles. The molecule has 1 saturated carbocycles. The summed E-state index contributed by atoms with van der Waals surface area (Å²) in [5.41, 5.74) is 9.34. The lowest BCUT2D eigenvalue weighted by molar-refractivity contribution is -0.119. The number of anilines is 1. The number of rotatable bonds is 4. The Hall–Kier alpha value is -1.76. The summed E-state index contributed by atoms with van der Waals surface area (Å²) in [6.45, 7) is 4.82. The summed E-state index contributed by atoms with van der Waals surface area (Å²) >= 11 is 0. The number of benzene rings is 1. The van der Waals surface area contributed by atoms with Crippen LogP contribution in [-0.4, -0.2) is 62.1 Å². The molecule has 0 bridgehead atoms. The van der Waals surface area contributed by atoms with Crippen molar-refractivity contribution >= 4 is 17.3 Å². The van der Waals surface area contributed by atoms with Crippen LogP contribution >= 0.6 is 0 Å². The molecule has 2 N–H and O–H groups in total. The van der Waals surface area contributed by atoms with E-state index in [1.807, 2.05) is 23.1 Å². The van der Waals surface area contributed by atoms with Gasteiger partial charge in [-0.1, -0.05) is 37.5 Å². The predicted molar refractivity (Wildman–Crippen MR) is 107 cm³/mol. The number of carbonyl (C=O) groups is 1. The van der Waals surface area contributed by atoms with E-state index in [1.54, 1.807) is 0 Å². The zero-order chi connectivity index (χ0) is 18.6. The highest BCUT2D eigenvalue weighted by molar-refractivity contribution is 6.13.